The summed E-state index contributed by atoms with van der Waals surface area (Å²) >= 11 is 6.08. The van der Waals surface area contributed by atoms with E-state index in [1.807, 2.05) is 20.8 Å². The van der Waals surface area contributed by atoms with Crippen LogP contribution in [0.3, 0.4) is 0 Å². The molecule has 11 heteroatoms. The molecule has 2 aromatic carbocycles. The third-order valence-electron chi connectivity index (χ3n) is 5.79. The van der Waals surface area contributed by atoms with Crippen molar-refractivity contribution >= 4 is 29.3 Å². The molecule has 0 unspecified atom stereocenters. The molecule has 0 bridgehead atoms. The maximum atomic E-state index is 14.9. The number of hydrogen-bond donors (Lipinski definition) is 2. The number of methoxy groups -OCH3 is 1. The molecule has 1 fully saturated rings. The highest BCUT2D eigenvalue weighted by Gasteiger charge is 2.26. The summed E-state index contributed by atoms with van der Waals surface area (Å²) in [5.74, 6) is -0.757. The molecule has 0 aromatic heterocycles. The van der Waals surface area contributed by atoms with Gasteiger partial charge in [-0.25, -0.2) is 9.18 Å². The maximum absolute atomic E-state index is 14.9. The van der Waals surface area contributed by atoms with Crippen LogP contribution in [0.15, 0.2) is 36.4 Å². The molecule has 1 aliphatic carbocycles. The molecule has 1 aliphatic rings. The van der Waals surface area contributed by atoms with Crippen molar-refractivity contribution < 1.29 is 37.7 Å². The molecule has 0 heterocycles. The molecule has 3 rings (SSSR count). The van der Waals surface area contributed by atoms with E-state index in [4.69, 9.17) is 35.3 Å². The predicted octanol–water partition coefficient (Wildman–Crippen LogP) is 5.95. The number of carbonyl (C=O) groups is 2. The second-order valence-corrected chi connectivity index (χ2v) is 10.6. The SMILES string of the molecule is COCCOCOc1ccc(Cl)cc1C(=O)Nc1ccc(O[C@H]2CC[C@H](NC(=O)OC(C)(C)C)CC2)c(F)c1. The summed E-state index contributed by atoms with van der Waals surface area (Å²) in [6.07, 6.45) is 2.08. The zero-order valence-electron chi connectivity index (χ0n) is 22.7. The lowest BCUT2D eigenvalue weighted by Gasteiger charge is -2.30. The number of nitrogens with one attached hydrogen (secondary N) is 2. The van der Waals surface area contributed by atoms with Gasteiger partial charge in [0.1, 0.15) is 11.4 Å². The number of hydrogen-bond acceptors (Lipinski definition) is 7. The second-order valence-electron chi connectivity index (χ2n) is 10.1. The molecule has 0 aliphatic heterocycles. The van der Waals surface area contributed by atoms with Crippen molar-refractivity contribution in [2.24, 2.45) is 0 Å². The Hall–Kier alpha value is -3.08. The molecule has 0 atom stereocenters. The highest BCUT2D eigenvalue weighted by Crippen LogP contribution is 2.29. The molecule has 2 amide bonds. The van der Waals surface area contributed by atoms with E-state index in [0.29, 0.717) is 43.9 Å². The summed E-state index contributed by atoms with van der Waals surface area (Å²) in [4.78, 5) is 24.9. The predicted molar refractivity (Wildman–Crippen MR) is 145 cm³/mol. The van der Waals surface area contributed by atoms with E-state index >= 15 is 0 Å². The number of ether oxygens (including phenoxy) is 5. The van der Waals surface area contributed by atoms with Crippen LogP contribution >= 0.6 is 11.6 Å². The zero-order chi connectivity index (χ0) is 28.4. The first kappa shape index (κ1) is 30.5. The highest BCUT2D eigenvalue weighted by molar-refractivity contribution is 6.31. The molecule has 39 heavy (non-hydrogen) atoms. The number of halogens is 2. The van der Waals surface area contributed by atoms with Gasteiger partial charge in [-0.3, -0.25) is 4.79 Å². The van der Waals surface area contributed by atoms with Crippen molar-refractivity contribution in [3.8, 4) is 11.5 Å². The Morgan fingerprint density at radius 2 is 1.74 bits per heavy atom. The van der Waals surface area contributed by atoms with Gasteiger partial charge < -0.3 is 34.3 Å². The van der Waals surface area contributed by atoms with Crippen LogP contribution in [0.1, 0.15) is 56.8 Å². The van der Waals surface area contributed by atoms with Gasteiger partial charge in [0, 0.05) is 29.9 Å². The van der Waals surface area contributed by atoms with E-state index in [-0.39, 0.29) is 41.7 Å². The van der Waals surface area contributed by atoms with Crippen molar-refractivity contribution in [2.75, 3.05) is 32.4 Å². The van der Waals surface area contributed by atoms with Crippen LogP contribution in [0.2, 0.25) is 5.02 Å². The van der Waals surface area contributed by atoms with Crippen LogP contribution in [0.4, 0.5) is 14.9 Å². The molecular formula is C28H36ClFN2O7. The van der Waals surface area contributed by atoms with E-state index < -0.39 is 23.4 Å². The summed E-state index contributed by atoms with van der Waals surface area (Å²) in [5.41, 5.74) is -0.135. The number of anilines is 1. The Kier molecular flexibility index (Phi) is 11.2. The smallest absolute Gasteiger partial charge is 0.407 e. The lowest BCUT2D eigenvalue weighted by molar-refractivity contribution is -0.00872. The molecule has 9 nitrogen and oxygen atoms in total. The van der Waals surface area contributed by atoms with Crippen molar-refractivity contribution in [2.45, 2.75) is 64.2 Å². The van der Waals surface area contributed by atoms with Crippen LogP contribution in [-0.4, -0.2) is 56.9 Å². The Morgan fingerprint density at radius 3 is 2.41 bits per heavy atom. The van der Waals surface area contributed by atoms with Gasteiger partial charge in [-0.15, -0.1) is 0 Å². The quantitative estimate of drug-likeness (QED) is 0.256. The topological polar surface area (TPSA) is 104 Å². The first-order chi connectivity index (χ1) is 18.5. The minimum atomic E-state index is -0.601. The molecule has 2 aromatic rings. The third-order valence-corrected chi connectivity index (χ3v) is 6.03. The maximum Gasteiger partial charge on any atom is 0.407 e. The Morgan fingerprint density at radius 1 is 1.03 bits per heavy atom. The molecule has 1 saturated carbocycles. The average Bonchev–Trinajstić information content (AvgIpc) is 2.86. The Bertz CT molecular complexity index is 1120. The number of carbonyl (C=O) groups excluding carboxylic acids is 2. The van der Waals surface area contributed by atoms with Gasteiger partial charge in [0.25, 0.3) is 5.91 Å². The monoisotopic (exact) mass is 566 g/mol. The van der Waals surface area contributed by atoms with Gasteiger partial charge >= 0.3 is 6.09 Å². The Labute approximate surface area is 233 Å². The Balaban J connectivity index is 1.53. The summed E-state index contributed by atoms with van der Waals surface area (Å²) in [6, 6.07) is 8.84. The third kappa shape index (κ3) is 10.2. The fraction of sp³-hybridized carbons (Fsp3) is 0.500. The molecule has 0 spiro atoms. The van der Waals surface area contributed by atoms with E-state index in [0.717, 1.165) is 0 Å². The van der Waals surface area contributed by atoms with Gasteiger partial charge in [0.2, 0.25) is 0 Å². The van der Waals surface area contributed by atoms with Crippen LogP contribution in [0.25, 0.3) is 0 Å². The summed E-state index contributed by atoms with van der Waals surface area (Å²) in [5, 5.41) is 5.89. The molecule has 2 N–H and O–H groups in total. The van der Waals surface area contributed by atoms with Crippen molar-refractivity contribution in [1.29, 1.82) is 0 Å². The van der Waals surface area contributed by atoms with Crippen LogP contribution in [-0.2, 0) is 14.2 Å². The van der Waals surface area contributed by atoms with E-state index in [1.54, 1.807) is 25.3 Å². The fourth-order valence-electron chi connectivity index (χ4n) is 3.96. The number of alkyl carbamates (subject to hydrolysis) is 1. The fourth-order valence-corrected chi connectivity index (χ4v) is 4.14. The number of amides is 2. The highest BCUT2D eigenvalue weighted by atomic mass is 35.5. The molecular weight excluding hydrogens is 531 g/mol. The van der Waals surface area contributed by atoms with E-state index in [2.05, 4.69) is 10.6 Å². The van der Waals surface area contributed by atoms with Gasteiger partial charge in [-0.2, -0.15) is 0 Å². The standard InChI is InChI=1S/C28H36ClFN2O7/c1-28(2,3)39-27(34)32-19-6-9-21(10-7-19)38-25-12-8-20(16-23(25)30)31-26(33)22-15-18(29)5-11-24(22)37-17-36-14-13-35-4/h5,8,11-12,15-16,19,21H,6-7,9-10,13-14,17H2,1-4H3,(H,31,33)(H,32,34)/t19-,21-. The first-order valence-electron chi connectivity index (χ1n) is 12.8. The van der Waals surface area contributed by atoms with Crippen LogP contribution < -0.4 is 20.1 Å². The largest absolute Gasteiger partial charge is 0.487 e. The summed E-state index contributed by atoms with van der Waals surface area (Å²) < 4.78 is 41.8. The van der Waals surface area contributed by atoms with Crippen LogP contribution in [0, 0.1) is 5.82 Å². The summed E-state index contributed by atoms with van der Waals surface area (Å²) in [6.45, 7) is 6.11. The lowest BCUT2D eigenvalue weighted by Crippen LogP contribution is -2.42. The average molecular weight is 567 g/mol. The number of benzene rings is 2. The van der Waals surface area contributed by atoms with Crippen molar-refractivity contribution in [3.63, 3.8) is 0 Å². The zero-order valence-corrected chi connectivity index (χ0v) is 23.4. The second kappa shape index (κ2) is 14.3. The van der Waals surface area contributed by atoms with Gasteiger partial charge in [0.05, 0.1) is 24.9 Å². The first-order valence-corrected chi connectivity index (χ1v) is 13.2. The lowest BCUT2D eigenvalue weighted by atomic mass is 9.93. The number of rotatable bonds is 11. The normalized spacial score (nSPS) is 17.3. The van der Waals surface area contributed by atoms with E-state index in [1.165, 1.54) is 18.2 Å². The van der Waals surface area contributed by atoms with Gasteiger partial charge in [-0.05, 0) is 76.8 Å². The minimum Gasteiger partial charge on any atom is -0.487 e. The van der Waals surface area contributed by atoms with Crippen molar-refractivity contribution in [3.05, 3.63) is 52.8 Å². The van der Waals surface area contributed by atoms with Crippen molar-refractivity contribution in [1.82, 2.24) is 5.32 Å². The van der Waals surface area contributed by atoms with Crippen LogP contribution in [0.5, 0.6) is 11.5 Å². The van der Waals surface area contributed by atoms with E-state index in [9.17, 15) is 14.0 Å². The van der Waals surface area contributed by atoms with Gasteiger partial charge in [0.15, 0.2) is 18.4 Å². The summed E-state index contributed by atoms with van der Waals surface area (Å²) in [7, 11) is 1.56. The molecule has 214 valence electrons. The molecule has 0 saturated heterocycles. The van der Waals surface area contributed by atoms with Gasteiger partial charge in [-0.1, -0.05) is 11.6 Å². The molecule has 0 radical (unpaired) electrons. The minimum absolute atomic E-state index is 0.0144.